The van der Waals surface area contributed by atoms with Crippen molar-refractivity contribution in [3.05, 3.63) is 34.9 Å². The summed E-state index contributed by atoms with van der Waals surface area (Å²) in [5.74, 6) is 0. The lowest BCUT2D eigenvalue weighted by atomic mass is 9.63. The van der Waals surface area contributed by atoms with E-state index in [9.17, 15) is 5.11 Å². The summed E-state index contributed by atoms with van der Waals surface area (Å²) in [4.78, 5) is 5.24. The molecule has 1 N–H and O–H groups in total. The molecule has 4 rings (SSSR count). The van der Waals surface area contributed by atoms with Crippen molar-refractivity contribution in [1.82, 2.24) is 9.80 Å². The highest BCUT2D eigenvalue weighted by Gasteiger charge is 2.58. The van der Waals surface area contributed by atoms with Crippen LogP contribution >= 0.6 is 11.6 Å². The molecule has 0 bridgehead atoms. The quantitative estimate of drug-likeness (QED) is 0.773. The normalized spacial score (nSPS) is 35.8. The van der Waals surface area contributed by atoms with Crippen LogP contribution in [-0.2, 0) is 6.42 Å². The van der Waals surface area contributed by atoms with Crippen molar-refractivity contribution in [1.29, 1.82) is 0 Å². The third-order valence-electron chi connectivity index (χ3n) is 7.93. The molecule has 0 amide bonds. The molecular formula is C24H37ClN2O. The van der Waals surface area contributed by atoms with Crippen LogP contribution in [0.4, 0.5) is 0 Å². The van der Waals surface area contributed by atoms with Crippen molar-refractivity contribution in [2.75, 3.05) is 26.2 Å². The largest absolute Gasteiger partial charge is 0.386 e. The minimum absolute atomic E-state index is 0.188. The van der Waals surface area contributed by atoms with Gasteiger partial charge in [0.15, 0.2) is 0 Å². The number of piperidine rings is 2. The molecular weight excluding hydrogens is 368 g/mol. The van der Waals surface area contributed by atoms with Crippen LogP contribution in [0.5, 0.6) is 0 Å². The molecule has 156 valence electrons. The van der Waals surface area contributed by atoms with E-state index in [-0.39, 0.29) is 11.6 Å². The summed E-state index contributed by atoms with van der Waals surface area (Å²) in [5.41, 5.74) is 0.136. The second-order valence-electron chi connectivity index (χ2n) is 9.52. The van der Waals surface area contributed by atoms with Gasteiger partial charge in [-0.3, -0.25) is 9.80 Å². The molecule has 1 aromatic carbocycles. The molecule has 2 saturated heterocycles. The second-order valence-corrected chi connectivity index (χ2v) is 9.93. The molecule has 0 radical (unpaired) electrons. The number of likely N-dealkylation sites (tertiary alicyclic amines) is 2. The fraction of sp³-hybridized carbons (Fsp3) is 0.750. The predicted molar refractivity (Wildman–Crippen MR) is 117 cm³/mol. The molecule has 3 fully saturated rings. The Labute approximate surface area is 176 Å². The number of benzene rings is 1. The summed E-state index contributed by atoms with van der Waals surface area (Å²) in [6.45, 7) is 6.85. The summed E-state index contributed by atoms with van der Waals surface area (Å²) in [7, 11) is 0. The van der Waals surface area contributed by atoms with Crippen LogP contribution in [0, 0.1) is 0 Å². The number of aliphatic hydroxyl groups is 1. The molecule has 3 nitrogen and oxygen atoms in total. The average molecular weight is 405 g/mol. The van der Waals surface area contributed by atoms with E-state index in [1.165, 1.54) is 44.9 Å². The monoisotopic (exact) mass is 404 g/mol. The van der Waals surface area contributed by atoms with E-state index in [1.807, 2.05) is 12.1 Å². The number of hydrogen-bond acceptors (Lipinski definition) is 3. The number of nitrogens with zero attached hydrogens (tertiary/aromatic N) is 2. The molecule has 3 aliphatic rings. The van der Waals surface area contributed by atoms with E-state index in [0.717, 1.165) is 49.6 Å². The average Bonchev–Trinajstić information content (AvgIpc) is 2.73. The van der Waals surface area contributed by atoms with Crippen LogP contribution in [0.15, 0.2) is 24.3 Å². The van der Waals surface area contributed by atoms with Gasteiger partial charge in [-0.25, -0.2) is 0 Å². The lowest BCUT2D eigenvalue weighted by Gasteiger charge is -2.61. The SMILES string of the molecule is CC1(N2CCCCC2)CCCC(N2CCCCC2)C1(O)Cc1ccccc1Cl. The highest BCUT2D eigenvalue weighted by Crippen LogP contribution is 2.47. The molecule has 1 saturated carbocycles. The topological polar surface area (TPSA) is 26.7 Å². The zero-order valence-electron chi connectivity index (χ0n) is 17.5. The Balaban J connectivity index is 1.72. The first-order chi connectivity index (χ1) is 13.5. The Morgan fingerprint density at radius 2 is 1.61 bits per heavy atom. The summed E-state index contributed by atoms with van der Waals surface area (Å²) < 4.78 is 0. The molecule has 3 unspecified atom stereocenters. The molecule has 4 heteroatoms. The van der Waals surface area contributed by atoms with Crippen LogP contribution in [0.1, 0.15) is 70.3 Å². The minimum Gasteiger partial charge on any atom is -0.386 e. The van der Waals surface area contributed by atoms with Gasteiger partial charge in [0.1, 0.15) is 5.60 Å². The first-order valence-electron chi connectivity index (χ1n) is 11.5. The van der Waals surface area contributed by atoms with Crippen molar-refractivity contribution >= 4 is 11.6 Å². The van der Waals surface area contributed by atoms with Gasteiger partial charge in [-0.15, -0.1) is 0 Å². The fourth-order valence-corrected chi connectivity index (χ4v) is 6.43. The highest BCUT2D eigenvalue weighted by molar-refractivity contribution is 6.31. The fourth-order valence-electron chi connectivity index (χ4n) is 6.23. The lowest BCUT2D eigenvalue weighted by molar-refractivity contribution is -0.177. The van der Waals surface area contributed by atoms with E-state index in [4.69, 9.17) is 11.6 Å². The smallest absolute Gasteiger partial charge is 0.102 e. The Kier molecular flexibility index (Phi) is 6.37. The van der Waals surface area contributed by atoms with Gasteiger partial charge in [0, 0.05) is 23.0 Å². The molecule has 1 aliphatic carbocycles. The Hall–Kier alpha value is -0.610. The van der Waals surface area contributed by atoms with Crippen LogP contribution < -0.4 is 0 Å². The third kappa shape index (κ3) is 3.76. The van der Waals surface area contributed by atoms with E-state index in [1.54, 1.807) is 0 Å². The maximum Gasteiger partial charge on any atom is 0.102 e. The van der Waals surface area contributed by atoms with Gasteiger partial charge in [-0.05, 0) is 89.7 Å². The van der Waals surface area contributed by atoms with Crippen molar-refractivity contribution in [2.24, 2.45) is 0 Å². The number of rotatable bonds is 4. The number of halogens is 1. The van der Waals surface area contributed by atoms with Gasteiger partial charge < -0.3 is 5.11 Å². The molecule has 2 heterocycles. The Morgan fingerprint density at radius 3 is 2.29 bits per heavy atom. The van der Waals surface area contributed by atoms with Crippen LogP contribution in [0.2, 0.25) is 5.02 Å². The molecule has 1 aromatic rings. The van der Waals surface area contributed by atoms with Crippen molar-refractivity contribution in [2.45, 2.75) is 88.3 Å². The standard InChI is InChI=1S/C24H37ClN2O/c1-23(27-17-8-3-9-18-27)14-10-13-22(26-15-6-2-7-16-26)24(23,28)19-20-11-4-5-12-21(20)25/h4-5,11-12,22,28H,2-3,6-10,13-19H2,1H3. The first-order valence-corrected chi connectivity index (χ1v) is 11.9. The summed E-state index contributed by atoms with van der Waals surface area (Å²) in [5, 5.41) is 13.4. The Bertz CT molecular complexity index is 656. The maximum absolute atomic E-state index is 12.6. The lowest BCUT2D eigenvalue weighted by Crippen LogP contribution is -2.74. The zero-order chi connectivity index (χ0) is 19.6. The van der Waals surface area contributed by atoms with Crippen molar-refractivity contribution in [3.63, 3.8) is 0 Å². The van der Waals surface area contributed by atoms with Crippen molar-refractivity contribution < 1.29 is 5.11 Å². The Morgan fingerprint density at radius 1 is 0.964 bits per heavy atom. The first kappa shape index (κ1) is 20.7. The van der Waals surface area contributed by atoms with Gasteiger partial charge in [-0.2, -0.15) is 0 Å². The maximum atomic E-state index is 12.6. The van der Waals surface area contributed by atoms with E-state index in [2.05, 4.69) is 28.9 Å². The second kappa shape index (κ2) is 8.63. The van der Waals surface area contributed by atoms with Gasteiger partial charge in [0.2, 0.25) is 0 Å². The van der Waals surface area contributed by atoms with Gasteiger partial charge in [0.05, 0.1) is 0 Å². The van der Waals surface area contributed by atoms with E-state index >= 15 is 0 Å². The third-order valence-corrected chi connectivity index (χ3v) is 8.30. The van der Waals surface area contributed by atoms with E-state index in [0.29, 0.717) is 6.42 Å². The van der Waals surface area contributed by atoms with Gasteiger partial charge in [-0.1, -0.05) is 42.6 Å². The molecule has 3 atom stereocenters. The molecule has 0 spiro atoms. The number of hydrogen-bond donors (Lipinski definition) is 1. The molecule has 28 heavy (non-hydrogen) atoms. The zero-order valence-corrected chi connectivity index (χ0v) is 18.3. The van der Waals surface area contributed by atoms with Crippen molar-refractivity contribution in [3.8, 4) is 0 Å². The van der Waals surface area contributed by atoms with Crippen LogP contribution in [-0.4, -0.2) is 58.3 Å². The molecule has 0 aromatic heterocycles. The summed E-state index contributed by atoms with van der Waals surface area (Å²) >= 11 is 6.58. The van der Waals surface area contributed by atoms with Gasteiger partial charge >= 0.3 is 0 Å². The summed E-state index contributed by atoms with van der Waals surface area (Å²) in [6.07, 6.45) is 11.7. The van der Waals surface area contributed by atoms with Crippen LogP contribution in [0.25, 0.3) is 0 Å². The summed E-state index contributed by atoms with van der Waals surface area (Å²) in [6, 6.07) is 8.35. The predicted octanol–water partition coefficient (Wildman–Crippen LogP) is 4.90. The van der Waals surface area contributed by atoms with E-state index < -0.39 is 5.60 Å². The highest BCUT2D eigenvalue weighted by atomic mass is 35.5. The van der Waals surface area contributed by atoms with Crippen LogP contribution in [0.3, 0.4) is 0 Å². The molecule has 2 aliphatic heterocycles. The minimum atomic E-state index is -0.773. The van der Waals surface area contributed by atoms with Gasteiger partial charge in [0.25, 0.3) is 0 Å².